The van der Waals surface area contributed by atoms with E-state index in [1.165, 1.54) is 36.2 Å². The SMILES string of the molecule is Cc1ccc2c(c1)CCCN2CCBr. The Labute approximate surface area is 94.2 Å². The van der Waals surface area contributed by atoms with E-state index >= 15 is 0 Å². The van der Waals surface area contributed by atoms with Gasteiger partial charge >= 0.3 is 0 Å². The standard InChI is InChI=1S/C12H16BrN/c1-10-4-5-12-11(9-10)3-2-7-14(12)8-6-13/h4-5,9H,2-3,6-8H2,1H3. The third-order valence-electron chi connectivity index (χ3n) is 2.80. The van der Waals surface area contributed by atoms with Crippen molar-refractivity contribution in [2.45, 2.75) is 19.8 Å². The van der Waals surface area contributed by atoms with Crippen molar-refractivity contribution in [1.29, 1.82) is 0 Å². The van der Waals surface area contributed by atoms with Gasteiger partial charge in [-0.05, 0) is 31.4 Å². The molecule has 1 nitrogen and oxygen atoms in total. The maximum Gasteiger partial charge on any atom is 0.0399 e. The molecular formula is C12H16BrN. The predicted molar refractivity (Wildman–Crippen MR) is 65.5 cm³/mol. The Morgan fingerprint density at radius 1 is 1.43 bits per heavy atom. The molecule has 0 N–H and O–H groups in total. The highest BCUT2D eigenvalue weighted by molar-refractivity contribution is 9.09. The average Bonchev–Trinajstić information content (AvgIpc) is 2.18. The van der Waals surface area contributed by atoms with E-state index in [0.29, 0.717) is 0 Å². The smallest absolute Gasteiger partial charge is 0.0399 e. The second-order valence-corrected chi connectivity index (χ2v) is 4.70. The highest BCUT2D eigenvalue weighted by Crippen LogP contribution is 2.27. The first-order valence-corrected chi connectivity index (χ1v) is 6.34. The second-order valence-electron chi connectivity index (χ2n) is 3.91. The van der Waals surface area contributed by atoms with E-state index in [2.05, 4.69) is 46.0 Å². The first kappa shape index (κ1) is 10.0. The number of benzene rings is 1. The Kier molecular flexibility index (Phi) is 3.12. The fourth-order valence-corrected chi connectivity index (χ4v) is 2.57. The zero-order valence-corrected chi connectivity index (χ0v) is 10.2. The van der Waals surface area contributed by atoms with Crippen LogP contribution in [0.2, 0.25) is 0 Å². The molecule has 0 saturated heterocycles. The summed E-state index contributed by atoms with van der Waals surface area (Å²) in [4.78, 5) is 2.48. The second kappa shape index (κ2) is 4.35. The van der Waals surface area contributed by atoms with Crippen LogP contribution in [0.1, 0.15) is 17.5 Å². The van der Waals surface area contributed by atoms with Crippen molar-refractivity contribution in [3.63, 3.8) is 0 Å². The van der Waals surface area contributed by atoms with Crippen molar-refractivity contribution in [2.24, 2.45) is 0 Å². The predicted octanol–water partition coefficient (Wildman–Crippen LogP) is 3.14. The van der Waals surface area contributed by atoms with Gasteiger partial charge in [-0.3, -0.25) is 0 Å². The molecule has 1 aliphatic heterocycles. The lowest BCUT2D eigenvalue weighted by atomic mass is 10.00. The van der Waals surface area contributed by atoms with Crippen molar-refractivity contribution in [2.75, 3.05) is 23.3 Å². The number of rotatable bonds is 2. The number of halogens is 1. The Bertz CT molecular complexity index is 322. The number of anilines is 1. The van der Waals surface area contributed by atoms with Crippen LogP contribution in [0.25, 0.3) is 0 Å². The summed E-state index contributed by atoms with van der Waals surface area (Å²) in [6.45, 7) is 4.50. The van der Waals surface area contributed by atoms with Gasteiger partial charge in [0.25, 0.3) is 0 Å². The first-order valence-electron chi connectivity index (χ1n) is 5.21. The molecule has 0 fully saturated rings. The Hall–Kier alpha value is -0.500. The molecule has 0 saturated carbocycles. The molecule has 0 aliphatic carbocycles. The molecule has 1 aromatic carbocycles. The monoisotopic (exact) mass is 253 g/mol. The fraction of sp³-hybridized carbons (Fsp3) is 0.500. The summed E-state index contributed by atoms with van der Waals surface area (Å²) in [5.74, 6) is 0. The topological polar surface area (TPSA) is 3.24 Å². The first-order chi connectivity index (χ1) is 6.81. The van der Waals surface area contributed by atoms with E-state index in [-0.39, 0.29) is 0 Å². The molecule has 2 heteroatoms. The van der Waals surface area contributed by atoms with Gasteiger partial charge in [-0.2, -0.15) is 0 Å². The summed E-state index contributed by atoms with van der Waals surface area (Å²) < 4.78 is 0. The van der Waals surface area contributed by atoms with Crippen molar-refractivity contribution >= 4 is 21.6 Å². The number of hydrogen-bond donors (Lipinski definition) is 0. The third kappa shape index (κ3) is 1.95. The average molecular weight is 254 g/mol. The molecular weight excluding hydrogens is 238 g/mol. The normalized spacial score (nSPS) is 15.4. The van der Waals surface area contributed by atoms with Crippen molar-refractivity contribution < 1.29 is 0 Å². The van der Waals surface area contributed by atoms with E-state index in [1.54, 1.807) is 0 Å². The number of nitrogens with zero attached hydrogens (tertiary/aromatic N) is 1. The Balaban J connectivity index is 2.30. The van der Waals surface area contributed by atoms with Crippen LogP contribution in [0.5, 0.6) is 0 Å². The third-order valence-corrected chi connectivity index (χ3v) is 3.16. The van der Waals surface area contributed by atoms with Crippen molar-refractivity contribution in [3.8, 4) is 0 Å². The summed E-state index contributed by atoms with van der Waals surface area (Å²) in [5.41, 5.74) is 4.35. The Morgan fingerprint density at radius 3 is 3.07 bits per heavy atom. The number of hydrogen-bond acceptors (Lipinski definition) is 1. The summed E-state index contributed by atoms with van der Waals surface area (Å²) in [5, 5.41) is 1.06. The lowest BCUT2D eigenvalue weighted by molar-refractivity contribution is 0.710. The van der Waals surface area contributed by atoms with Crippen LogP contribution >= 0.6 is 15.9 Å². The van der Waals surface area contributed by atoms with E-state index in [4.69, 9.17) is 0 Å². The van der Waals surface area contributed by atoms with Crippen LogP contribution in [0.3, 0.4) is 0 Å². The maximum atomic E-state index is 3.51. The van der Waals surface area contributed by atoms with Gasteiger partial charge in [0.05, 0.1) is 0 Å². The molecule has 1 aliphatic rings. The molecule has 0 unspecified atom stereocenters. The van der Waals surface area contributed by atoms with E-state index in [9.17, 15) is 0 Å². The molecule has 0 aromatic heterocycles. The van der Waals surface area contributed by atoms with Crippen LogP contribution in [-0.4, -0.2) is 18.4 Å². The molecule has 0 spiro atoms. The lowest BCUT2D eigenvalue weighted by Crippen LogP contribution is -2.30. The van der Waals surface area contributed by atoms with Gasteiger partial charge in [-0.25, -0.2) is 0 Å². The summed E-state index contributed by atoms with van der Waals surface area (Å²) in [6.07, 6.45) is 2.54. The summed E-state index contributed by atoms with van der Waals surface area (Å²) in [7, 11) is 0. The minimum atomic E-state index is 1.06. The zero-order valence-electron chi connectivity index (χ0n) is 8.59. The van der Waals surface area contributed by atoms with Crippen LogP contribution in [0.15, 0.2) is 18.2 Å². The number of fused-ring (bicyclic) bond motifs is 1. The van der Waals surface area contributed by atoms with Gasteiger partial charge in [0, 0.05) is 24.1 Å². The largest absolute Gasteiger partial charge is 0.370 e. The van der Waals surface area contributed by atoms with Crippen molar-refractivity contribution in [1.82, 2.24) is 0 Å². The number of alkyl halides is 1. The molecule has 0 amide bonds. The van der Waals surface area contributed by atoms with Gasteiger partial charge in [0.2, 0.25) is 0 Å². The van der Waals surface area contributed by atoms with Gasteiger partial charge < -0.3 is 4.90 Å². The van der Waals surface area contributed by atoms with Crippen LogP contribution in [-0.2, 0) is 6.42 Å². The lowest BCUT2D eigenvalue weighted by Gasteiger charge is -2.31. The van der Waals surface area contributed by atoms with E-state index in [0.717, 1.165) is 11.9 Å². The molecule has 14 heavy (non-hydrogen) atoms. The zero-order chi connectivity index (χ0) is 9.97. The molecule has 0 atom stereocenters. The molecule has 2 rings (SSSR count). The highest BCUT2D eigenvalue weighted by Gasteiger charge is 2.15. The molecule has 0 radical (unpaired) electrons. The Morgan fingerprint density at radius 2 is 2.29 bits per heavy atom. The van der Waals surface area contributed by atoms with Gasteiger partial charge in [0.1, 0.15) is 0 Å². The van der Waals surface area contributed by atoms with E-state index in [1.807, 2.05) is 0 Å². The van der Waals surface area contributed by atoms with Gasteiger partial charge in [-0.15, -0.1) is 0 Å². The quantitative estimate of drug-likeness (QED) is 0.733. The van der Waals surface area contributed by atoms with E-state index < -0.39 is 0 Å². The van der Waals surface area contributed by atoms with Gasteiger partial charge in [-0.1, -0.05) is 33.6 Å². The maximum absolute atomic E-state index is 3.51. The number of aryl methyl sites for hydroxylation is 2. The van der Waals surface area contributed by atoms with Crippen LogP contribution < -0.4 is 4.90 Å². The summed E-state index contributed by atoms with van der Waals surface area (Å²) >= 11 is 3.51. The van der Waals surface area contributed by atoms with Gasteiger partial charge in [0.15, 0.2) is 0 Å². The van der Waals surface area contributed by atoms with Crippen LogP contribution in [0, 0.1) is 6.92 Å². The fourth-order valence-electron chi connectivity index (χ4n) is 2.14. The molecule has 1 aromatic rings. The molecule has 76 valence electrons. The minimum absolute atomic E-state index is 1.06. The highest BCUT2D eigenvalue weighted by atomic mass is 79.9. The summed E-state index contributed by atoms with van der Waals surface area (Å²) in [6, 6.07) is 6.81. The molecule has 1 heterocycles. The molecule has 0 bridgehead atoms. The minimum Gasteiger partial charge on any atom is -0.370 e. The van der Waals surface area contributed by atoms with Crippen LogP contribution in [0.4, 0.5) is 5.69 Å². The van der Waals surface area contributed by atoms with Crippen molar-refractivity contribution in [3.05, 3.63) is 29.3 Å².